The van der Waals surface area contributed by atoms with Crippen LogP contribution in [0, 0.1) is 35.8 Å². The maximum Gasteiger partial charge on any atom is 0.339 e. The summed E-state index contributed by atoms with van der Waals surface area (Å²) in [5.41, 5.74) is -1.55. The first-order valence-electron chi connectivity index (χ1n) is 13.9. The Hall–Kier alpha value is -6.12. The normalized spacial score (nSPS) is 12.2. The van der Waals surface area contributed by atoms with Gasteiger partial charge in [-0.15, -0.1) is 0 Å². The SMILES string of the molecule is [C-]#[N+]/C(C#N)=c1/cc(OCCOCCC(=O)c2ccccc2S(=O)(=O)O)/c(=C(\C#N)[N+]#[C-])cc1OCCOC(=O)c1ccccc1S(=O)(=O)O. The summed E-state index contributed by atoms with van der Waals surface area (Å²) >= 11 is 0. The van der Waals surface area contributed by atoms with E-state index < -0.39 is 72.0 Å². The van der Waals surface area contributed by atoms with Crippen LogP contribution in [0.25, 0.3) is 21.1 Å². The Morgan fingerprint density at radius 2 is 1.16 bits per heavy atom. The van der Waals surface area contributed by atoms with Crippen molar-refractivity contribution in [3.63, 3.8) is 0 Å². The standard InChI is InChI=1S/C32H24N4O12S2/c1-35-25(19-33)23-18-29(47-15-16-48-32(38)22-8-4-6-10-31(22)50(42,43)44)24(26(20-34)36-2)17-28(23)46-14-13-45-12-11-27(37)21-7-3-5-9-30(21)49(39,40)41/h3-10,17-18H,11-16H2,(H,39,40,41)(H,42,43,44)/b25-23+,26-24-. The zero-order valence-corrected chi connectivity index (χ0v) is 27.2. The second-order valence-corrected chi connectivity index (χ2v) is 12.3. The number of benzene rings is 3. The molecule has 2 N–H and O–H groups in total. The summed E-state index contributed by atoms with van der Waals surface area (Å²) in [5.74, 6) is -1.97. The highest BCUT2D eigenvalue weighted by atomic mass is 32.2. The summed E-state index contributed by atoms with van der Waals surface area (Å²) in [6.45, 7) is 13.4. The molecular formula is C32H24N4O12S2. The fraction of sp³-hybridized carbons (Fsp3) is 0.188. The van der Waals surface area contributed by atoms with E-state index in [0.29, 0.717) is 0 Å². The van der Waals surface area contributed by atoms with Gasteiger partial charge in [-0.1, -0.05) is 30.3 Å². The number of nitrogens with zero attached hydrogens (tertiary/aromatic N) is 4. The molecule has 0 aromatic heterocycles. The van der Waals surface area contributed by atoms with Gasteiger partial charge < -0.3 is 18.9 Å². The van der Waals surface area contributed by atoms with E-state index >= 15 is 0 Å². The van der Waals surface area contributed by atoms with Gasteiger partial charge in [0, 0.05) is 22.4 Å². The molecule has 0 heterocycles. The van der Waals surface area contributed by atoms with Gasteiger partial charge >= 0.3 is 5.97 Å². The van der Waals surface area contributed by atoms with Gasteiger partial charge in [-0.2, -0.15) is 16.8 Å². The van der Waals surface area contributed by atoms with Crippen LogP contribution in [0.1, 0.15) is 27.1 Å². The van der Waals surface area contributed by atoms with E-state index in [9.17, 15) is 46.1 Å². The van der Waals surface area contributed by atoms with E-state index in [4.69, 9.17) is 32.1 Å². The largest absolute Gasteiger partial charge is 0.492 e. The summed E-state index contributed by atoms with van der Waals surface area (Å²) in [7, 11) is -9.36. The maximum absolute atomic E-state index is 12.5. The fourth-order valence-electron chi connectivity index (χ4n) is 4.22. The zero-order valence-electron chi connectivity index (χ0n) is 25.6. The van der Waals surface area contributed by atoms with E-state index in [0.717, 1.165) is 18.2 Å². The smallest absolute Gasteiger partial charge is 0.339 e. The van der Waals surface area contributed by atoms with Crippen LogP contribution in [-0.2, 0) is 29.7 Å². The Bertz CT molecular complexity index is 2300. The third kappa shape index (κ3) is 9.95. The van der Waals surface area contributed by atoms with Gasteiger partial charge in [-0.05, 0) is 30.3 Å². The average Bonchev–Trinajstić information content (AvgIpc) is 3.09. The molecule has 50 heavy (non-hydrogen) atoms. The summed E-state index contributed by atoms with van der Waals surface area (Å²) in [5, 5.41) is 18.9. The molecule has 0 aliphatic heterocycles. The van der Waals surface area contributed by atoms with Crippen molar-refractivity contribution in [2.45, 2.75) is 16.2 Å². The van der Waals surface area contributed by atoms with Crippen molar-refractivity contribution in [1.29, 1.82) is 10.5 Å². The van der Waals surface area contributed by atoms with Crippen molar-refractivity contribution in [2.24, 2.45) is 0 Å². The molecule has 0 aliphatic rings. The molecule has 3 aromatic carbocycles. The average molecular weight is 721 g/mol. The molecule has 256 valence electrons. The van der Waals surface area contributed by atoms with Crippen LogP contribution in [0.4, 0.5) is 0 Å². The molecule has 0 radical (unpaired) electrons. The lowest BCUT2D eigenvalue weighted by Crippen LogP contribution is -2.22. The predicted octanol–water partition coefficient (Wildman–Crippen LogP) is 2.19. The number of rotatable bonds is 15. The molecule has 0 fully saturated rings. The molecule has 0 saturated heterocycles. The molecule has 0 spiro atoms. The monoisotopic (exact) mass is 720 g/mol. The number of Topliss-reactive ketones (excluding diaryl/α,β-unsaturated/α-hetero) is 1. The molecule has 0 atom stereocenters. The van der Waals surface area contributed by atoms with E-state index in [2.05, 4.69) is 9.69 Å². The topological polar surface area (TPSA) is 236 Å². The van der Waals surface area contributed by atoms with E-state index in [-0.39, 0.29) is 53.7 Å². The number of nitriles is 2. The lowest BCUT2D eigenvalue weighted by molar-refractivity contribution is 0.0444. The van der Waals surface area contributed by atoms with Gasteiger partial charge in [0.25, 0.3) is 31.6 Å². The van der Waals surface area contributed by atoms with Gasteiger partial charge in [0.1, 0.15) is 41.1 Å². The summed E-state index contributed by atoms with van der Waals surface area (Å²) in [6.07, 6.45) is -0.244. The number of carbonyl (C=O) groups is 2. The number of ketones is 1. The highest BCUT2D eigenvalue weighted by Crippen LogP contribution is 2.18. The number of hydrogen-bond donors (Lipinski definition) is 2. The Labute approximate surface area is 285 Å². The first-order valence-corrected chi connectivity index (χ1v) is 16.8. The number of carbonyl (C=O) groups excluding carboxylic acids is 2. The molecule has 0 amide bonds. The Kier molecular flexibility index (Phi) is 13.3. The highest BCUT2D eigenvalue weighted by Gasteiger charge is 2.22. The molecule has 0 unspecified atom stereocenters. The first-order chi connectivity index (χ1) is 23.8. The van der Waals surface area contributed by atoms with E-state index in [1.165, 1.54) is 42.5 Å². The van der Waals surface area contributed by atoms with Crippen molar-refractivity contribution < 1.29 is 54.5 Å². The number of ether oxygens (including phenoxy) is 4. The maximum atomic E-state index is 12.5. The van der Waals surface area contributed by atoms with Crippen molar-refractivity contribution in [2.75, 3.05) is 33.0 Å². The molecule has 18 heteroatoms. The van der Waals surface area contributed by atoms with Crippen molar-refractivity contribution in [1.82, 2.24) is 0 Å². The van der Waals surface area contributed by atoms with Gasteiger partial charge in [0.15, 0.2) is 5.78 Å². The van der Waals surface area contributed by atoms with Crippen LogP contribution in [0.2, 0.25) is 0 Å². The van der Waals surface area contributed by atoms with Crippen LogP contribution < -0.4 is 19.9 Å². The molecule has 3 aromatic rings. The number of esters is 1. The van der Waals surface area contributed by atoms with E-state index in [1.807, 2.05) is 0 Å². The lowest BCUT2D eigenvalue weighted by atomic mass is 10.1. The van der Waals surface area contributed by atoms with Crippen LogP contribution in [0.15, 0.2) is 70.5 Å². The molecule has 0 saturated carbocycles. The summed E-state index contributed by atoms with van der Waals surface area (Å²) in [4.78, 5) is 30.1. The molecule has 0 bridgehead atoms. The van der Waals surface area contributed by atoms with Gasteiger partial charge in [0.2, 0.25) is 0 Å². The molecule has 16 nitrogen and oxygen atoms in total. The Morgan fingerprint density at radius 1 is 0.700 bits per heavy atom. The summed E-state index contributed by atoms with van der Waals surface area (Å²) < 4.78 is 86.8. The fourth-order valence-corrected chi connectivity index (χ4v) is 5.61. The Balaban J connectivity index is 1.76. The molecule has 3 rings (SSSR count). The Morgan fingerprint density at radius 3 is 1.64 bits per heavy atom. The molecular weight excluding hydrogens is 697 g/mol. The van der Waals surface area contributed by atoms with E-state index in [1.54, 1.807) is 12.1 Å². The third-order valence-corrected chi connectivity index (χ3v) is 8.23. The van der Waals surface area contributed by atoms with Crippen LogP contribution >= 0.6 is 0 Å². The van der Waals surface area contributed by atoms with Crippen LogP contribution in [-0.4, -0.2) is 70.7 Å². The third-order valence-electron chi connectivity index (χ3n) is 6.41. The van der Waals surface area contributed by atoms with Gasteiger partial charge in [0.05, 0.1) is 44.1 Å². The highest BCUT2D eigenvalue weighted by molar-refractivity contribution is 7.86. The zero-order chi connectivity index (χ0) is 36.9. The van der Waals surface area contributed by atoms with Crippen molar-refractivity contribution in [3.05, 3.63) is 105 Å². The van der Waals surface area contributed by atoms with Crippen molar-refractivity contribution in [3.8, 4) is 23.6 Å². The van der Waals surface area contributed by atoms with Crippen LogP contribution in [0.5, 0.6) is 11.5 Å². The van der Waals surface area contributed by atoms with Gasteiger partial charge in [-0.25, -0.2) is 25.0 Å². The predicted molar refractivity (Wildman–Crippen MR) is 170 cm³/mol. The minimum absolute atomic E-state index is 0.0837. The minimum atomic E-state index is -4.73. The number of hydrogen-bond acceptors (Lipinski definition) is 12. The lowest BCUT2D eigenvalue weighted by Gasteiger charge is -2.13. The quantitative estimate of drug-likeness (QED) is 0.0753. The minimum Gasteiger partial charge on any atom is -0.492 e. The second-order valence-electron chi connectivity index (χ2n) is 9.55. The molecule has 0 aliphatic carbocycles. The second kappa shape index (κ2) is 17.3. The van der Waals surface area contributed by atoms with Gasteiger partial charge in [-0.3, -0.25) is 13.9 Å². The van der Waals surface area contributed by atoms with Crippen LogP contribution in [0.3, 0.4) is 0 Å². The summed E-state index contributed by atoms with van der Waals surface area (Å²) in [6, 6.07) is 15.7. The first kappa shape index (κ1) is 38.3. The van der Waals surface area contributed by atoms with Crippen molar-refractivity contribution >= 4 is 43.4 Å².